The highest BCUT2D eigenvalue weighted by Gasteiger charge is 2.30. The van der Waals surface area contributed by atoms with Crippen molar-refractivity contribution in [2.45, 2.75) is 32.1 Å². The number of benzene rings is 1. The number of carbonyl (C=O) groups excluding carboxylic acids is 2. The van der Waals surface area contributed by atoms with E-state index >= 15 is 0 Å². The molecule has 2 N–H and O–H groups in total. The molecular weight excluding hydrogens is 363 g/mol. The number of anilines is 1. The van der Waals surface area contributed by atoms with Gasteiger partial charge in [0.1, 0.15) is 0 Å². The Hall–Kier alpha value is -1.30. The molecule has 0 radical (unpaired) electrons. The summed E-state index contributed by atoms with van der Waals surface area (Å²) in [6.45, 7) is 1.26. The van der Waals surface area contributed by atoms with E-state index in [-0.39, 0.29) is 23.7 Å². The number of rotatable bonds is 7. The summed E-state index contributed by atoms with van der Waals surface area (Å²) >= 11 is 12.1. The average molecular weight is 387 g/mol. The van der Waals surface area contributed by atoms with Crippen LogP contribution in [0.15, 0.2) is 18.2 Å². The van der Waals surface area contributed by atoms with Crippen molar-refractivity contribution < 1.29 is 14.3 Å². The summed E-state index contributed by atoms with van der Waals surface area (Å²) in [5.74, 6) is -0.107. The van der Waals surface area contributed by atoms with Crippen molar-refractivity contribution >= 4 is 40.7 Å². The SMILES string of the molecule is COCCCNC(=O)C1CCC(C(=O)Nc2cccc(Cl)c2Cl)CC1. The standard InChI is InChI=1S/C18H24Cl2N2O3/c1-25-11-3-10-21-17(23)12-6-8-13(9-7-12)18(24)22-15-5-2-4-14(19)16(15)20/h2,4-5,12-13H,3,6-11H2,1H3,(H,21,23)(H,22,24). The number of nitrogens with one attached hydrogen (secondary N) is 2. The number of methoxy groups -OCH3 is 1. The second-order valence-corrected chi connectivity index (χ2v) is 7.06. The number of carbonyl (C=O) groups is 2. The Kier molecular flexibility index (Phi) is 8.00. The van der Waals surface area contributed by atoms with Gasteiger partial charge in [-0.3, -0.25) is 9.59 Å². The first-order valence-corrected chi connectivity index (χ1v) is 9.30. The molecule has 1 aliphatic carbocycles. The first-order chi connectivity index (χ1) is 12.0. The van der Waals surface area contributed by atoms with E-state index in [0.717, 1.165) is 19.3 Å². The lowest BCUT2D eigenvalue weighted by Crippen LogP contribution is -2.36. The van der Waals surface area contributed by atoms with Crippen molar-refractivity contribution in [3.05, 3.63) is 28.2 Å². The first kappa shape index (κ1) is 20.0. The second kappa shape index (κ2) is 10.00. The molecule has 25 heavy (non-hydrogen) atoms. The highest BCUT2D eigenvalue weighted by Crippen LogP contribution is 2.33. The van der Waals surface area contributed by atoms with Crippen LogP contribution in [0.3, 0.4) is 0 Å². The summed E-state index contributed by atoms with van der Waals surface area (Å²) in [4.78, 5) is 24.6. The molecule has 0 spiro atoms. The van der Waals surface area contributed by atoms with Gasteiger partial charge in [-0.25, -0.2) is 0 Å². The van der Waals surface area contributed by atoms with E-state index in [9.17, 15) is 9.59 Å². The van der Waals surface area contributed by atoms with Crippen LogP contribution in [0.5, 0.6) is 0 Å². The fraction of sp³-hybridized carbons (Fsp3) is 0.556. The van der Waals surface area contributed by atoms with Crippen molar-refractivity contribution in [1.29, 1.82) is 0 Å². The zero-order chi connectivity index (χ0) is 18.2. The molecule has 0 unspecified atom stereocenters. The van der Waals surface area contributed by atoms with Gasteiger partial charge in [-0.2, -0.15) is 0 Å². The van der Waals surface area contributed by atoms with Crippen LogP contribution in [0, 0.1) is 11.8 Å². The fourth-order valence-electron chi connectivity index (χ4n) is 3.03. The van der Waals surface area contributed by atoms with E-state index in [1.807, 2.05) is 0 Å². The van der Waals surface area contributed by atoms with Crippen LogP contribution >= 0.6 is 23.2 Å². The highest BCUT2D eigenvalue weighted by atomic mass is 35.5. The zero-order valence-electron chi connectivity index (χ0n) is 14.3. The quantitative estimate of drug-likeness (QED) is 0.698. The molecule has 0 bridgehead atoms. The third-order valence-corrected chi connectivity index (χ3v) is 5.32. The summed E-state index contributed by atoms with van der Waals surface area (Å²) in [6.07, 6.45) is 3.63. The molecule has 1 aromatic rings. The number of hydrogen-bond donors (Lipinski definition) is 2. The molecule has 5 nitrogen and oxygen atoms in total. The molecule has 0 atom stereocenters. The molecule has 0 heterocycles. The third-order valence-electron chi connectivity index (χ3n) is 4.50. The van der Waals surface area contributed by atoms with Crippen molar-refractivity contribution in [2.24, 2.45) is 11.8 Å². The lowest BCUT2D eigenvalue weighted by atomic mass is 9.81. The Bertz CT molecular complexity index is 602. The van der Waals surface area contributed by atoms with E-state index in [1.54, 1.807) is 25.3 Å². The Morgan fingerprint density at radius 2 is 1.76 bits per heavy atom. The van der Waals surface area contributed by atoms with Gasteiger partial charge in [0.25, 0.3) is 0 Å². The molecule has 1 saturated carbocycles. The first-order valence-electron chi connectivity index (χ1n) is 8.54. The van der Waals surface area contributed by atoms with E-state index in [1.165, 1.54) is 0 Å². The molecule has 0 aliphatic heterocycles. The van der Waals surface area contributed by atoms with Gasteiger partial charge in [0.15, 0.2) is 0 Å². The van der Waals surface area contributed by atoms with Gasteiger partial charge in [-0.15, -0.1) is 0 Å². The molecule has 7 heteroatoms. The number of halogens is 2. The molecule has 0 aromatic heterocycles. The van der Waals surface area contributed by atoms with Gasteiger partial charge in [0.05, 0.1) is 15.7 Å². The van der Waals surface area contributed by atoms with Crippen LogP contribution in [0.2, 0.25) is 10.0 Å². The largest absolute Gasteiger partial charge is 0.385 e. The van der Waals surface area contributed by atoms with Gasteiger partial charge in [0.2, 0.25) is 11.8 Å². The number of ether oxygens (including phenoxy) is 1. The predicted octanol–water partition coefficient (Wildman–Crippen LogP) is 3.89. The van der Waals surface area contributed by atoms with Crippen LogP contribution in [0.1, 0.15) is 32.1 Å². The lowest BCUT2D eigenvalue weighted by Gasteiger charge is -2.27. The molecular formula is C18H24Cl2N2O3. The maximum Gasteiger partial charge on any atom is 0.227 e. The van der Waals surface area contributed by atoms with Crippen LogP contribution in [0.4, 0.5) is 5.69 Å². The van der Waals surface area contributed by atoms with Gasteiger partial charge < -0.3 is 15.4 Å². The molecule has 2 amide bonds. The molecule has 0 saturated heterocycles. The van der Waals surface area contributed by atoms with Gasteiger partial charge in [-0.1, -0.05) is 29.3 Å². The van der Waals surface area contributed by atoms with Crippen molar-refractivity contribution in [3.8, 4) is 0 Å². The molecule has 138 valence electrons. The van der Waals surface area contributed by atoms with Crippen LogP contribution in [-0.2, 0) is 14.3 Å². The van der Waals surface area contributed by atoms with E-state index in [0.29, 0.717) is 41.7 Å². The van der Waals surface area contributed by atoms with Gasteiger partial charge in [0, 0.05) is 32.1 Å². The monoisotopic (exact) mass is 386 g/mol. The fourth-order valence-corrected chi connectivity index (χ4v) is 3.37. The van der Waals surface area contributed by atoms with Crippen molar-refractivity contribution in [1.82, 2.24) is 5.32 Å². The Morgan fingerprint density at radius 3 is 2.40 bits per heavy atom. The summed E-state index contributed by atoms with van der Waals surface area (Å²) < 4.78 is 4.96. The minimum Gasteiger partial charge on any atom is -0.385 e. The summed E-state index contributed by atoms with van der Waals surface area (Å²) in [5.41, 5.74) is 0.525. The number of hydrogen-bond acceptors (Lipinski definition) is 3. The highest BCUT2D eigenvalue weighted by molar-refractivity contribution is 6.44. The van der Waals surface area contributed by atoms with Gasteiger partial charge in [-0.05, 0) is 44.2 Å². The maximum atomic E-state index is 12.4. The van der Waals surface area contributed by atoms with Crippen molar-refractivity contribution in [2.75, 3.05) is 25.6 Å². The minimum atomic E-state index is -0.104. The zero-order valence-corrected chi connectivity index (χ0v) is 15.8. The van der Waals surface area contributed by atoms with Gasteiger partial charge >= 0.3 is 0 Å². The Balaban J connectivity index is 1.78. The summed E-state index contributed by atoms with van der Waals surface area (Å²) in [5, 5.41) is 6.54. The van der Waals surface area contributed by atoms with Crippen LogP contribution in [0.25, 0.3) is 0 Å². The minimum absolute atomic E-state index is 0.0126. The van der Waals surface area contributed by atoms with E-state index < -0.39 is 0 Å². The second-order valence-electron chi connectivity index (χ2n) is 6.28. The van der Waals surface area contributed by atoms with Crippen molar-refractivity contribution in [3.63, 3.8) is 0 Å². The molecule has 1 fully saturated rings. The topological polar surface area (TPSA) is 67.4 Å². The summed E-state index contributed by atoms with van der Waals surface area (Å²) in [7, 11) is 1.64. The molecule has 1 aromatic carbocycles. The lowest BCUT2D eigenvalue weighted by molar-refractivity contribution is -0.128. The van der Waals surface area contributed by atoms with Crippen LogP contribution in [-0.4, -0.2) is 32.1 Å². The Morgan fingerprint density at radius 1 is 1.12 bits per heavy atom. The van der Waals surface area contributed by atoms with Crippen LogP contribution < -0.4 is 10.6 Å². The number of amides is 2. The average Bonchev–Trinajstić information content (AvgIpc) is 2.62. The Labute approximate surface area is 158 Å². The van der Waals surface area contributed by atoms with E-state index in [4.69, 9.17) is 27.9 Å². The summed E-state index contributed by atoms with van der Waals surface area (Å²) in [6, 6.07) is 5.15. The molecule has 1 aliphatic rings. The molecule has 2 rings (SSSR count). The maximum absolute atomic E-state index is 12.4. The van der Waals surface area contributed by atoms with E-state index in [2.05, 4.69) is 10.6 Å². The smallest absolute Gasteiger partial charge is 0.227 e. The normalized spacial score (nSPS) is 20.1. The third kappa shape index (κ3) is 5.87. The predicted molar refractivity (Wildman–Crippen MR) is 100 cm³/mol.